The molecule has 0 spiro atoms. The standard InChI is InChI=1S/C10H20N2O3S/c13-16(14)6-1-3-12(4-7-16)8-10-9-15-5-2-11-10/h10-11H,1-9H2. The molecule has 2 fully saturated rings. The van der Waals surface area contributed by atoms with Crippen LogP contribution in [0.2, 0.25) is 0 Å². The van der Waals surface area contributed by atoms with Crippen LogP contribution < -0.4 is 5.32 Å². The summed E-state index contributed by atoms with van der Waals surface area (Å²) in [6.07, 6.45) is 0.760. The van der Waals surface area contributed by atoms with Gasteiger partial charge in [-0.25, -0.2) is 8.42 Å². The topological polar surface area (TPSA) is 58.6 Å². The normalized spacial score (nSPS) is 32.1. The molecule has 0 aromatic heterocycles. The first-order valence-corrected chi connectivity index (χ1v) is 7.72. The summed E-state index contributed by atoms with van der Waals surface area (Å²) in [4.78, 5) is 2.23. The van der Waals surface area contributed by atoms with E-state index in [9.17, 15) is 8.42 Å². The fourth-order valence-electron chi connectivity index (χ4n) is 2.22. The minimum Gasteiger partial charge on any atom is -0.378 e. The van der Waals surface area contributed by atoms with Crippen molar-refractivity contribution in [1.29, 1.82) is 0 Å². The van der Waals surface area contributed by atoms with Crippen molar-refractivity contribution in [2.24, 2.45) is 0 Å². The van der Waals surface area contributed by atoms with E-state index in [1.54, 1.807) is 0 Å². The first-order valence-electron chi connectivity index (χ1n) is 5.90. The van der Waals surface area contributed by atoms with Crippen molar-refractivity contribution in [3.8, 4) is 0 Å². The summed E-state index contributed by atoms with van der Waals surface area (Å²) in [6, 6.07) is 0.356. The predicted octanol–water partition coefficient (Wildman–Crippen LogP) is -0.905. The zero-order valence-electron chi connectivity index (χ0n) is 9.52. The summed E-state index contributed by atoms with van der Waals surface area (Å²) in [5.41, 5.74) is 0. The lowest BCUT2D eigenvalue weighted by molar-refractivity contribution is 0.0630. The van der Waals surface area contributed by atoms with E-state index in [-0.39, 0.29) is 0 Å². The van der Waals surface area contributed by atoms with Crippen molar-refractivity contribution in [2.45, 2.75) is 12.5 Å². The molecule has 0 saturated carbocycles. The van der Waals surface area contributed by atoms with Gasteiger partial charge in [-0.05, 0) is 13.0 Å². The Morgan fingerprint density at radius 3 is 2.94 bits per heavy atom. The Kier molecular flexibility index (Phi) is 4.18. The summed E-state index contributed by atoms with van der Waals surface area (Å²) < 4.78 is 28.3. The molecule has 1 N–H and O–H groups in total. The van der Waals surface area contributed by atoms with E-state index < -0.39 is 9.84 Å². The molecule has 0 amide bonds. The monoisotopic (exact) mass is 248 g/mol. The highest BCUT2D eigenvalue weighted by Gasteiger charge is 2.22. The van der Waals surface area contributed by atoms with Crippen molar-refractivity contribution < 1.29 is 13.2 Å². The molecule has 2 aliphatic rings. The van der Waals surface area contributed by atoms with Crippen molar-refractivity contribution in [3.63, 3.8) is 0 Å². The van der Waals surface area contributed by atoms with E-state index >= 15 is 0 Å². The Morgan fingerprint density at radius 1 is 1.31 bits per heavy atom. The first-order chi connectivity index (χ1) is 7.66. The molecule has 1 unspecified atom stereocenters. The lowest BCUT2D eigenvalue weighted by Gasteiger charge is -2.29. The second-order valence-electron chi connectivity index (χ2n) is 4.53. The zero-order valence-corrected chi connectivity index (χ0v) is 10.3. The molecule has 2 rings (SSSR count). The molecule has 1 atom stereocenters. The molecule has 16 heavy (non-hydrogen) atoms. The van der Waals surface area contributed by atoms with Crippen LogP contribution in [0.15, 0.2) is 0 Å². The number of morpholine rings is 1. The molecule has 2 heterocycles. The van der Waals surface area contributed by atoms with E-state index in [2.05, 4.69) is 10.2 Å². The molecule has 0 aromatic rings. The molecule has 2 saturated heterocycles. The molecule has 0 aromatic carbocycles. The second kappa shape index (κ2) is 5.44. The zero-order chi connectivity index (χ0) is 11.4. The predicted molar refractivity (Wildman–Crippen MR) is 62.3 cm³/mol. The molecule has 2 aliphatic heterocycles. The number of nitrogens with one attached hydrogen (secondary N) is 1. The summed E-state index contributed by atoms with van der Waals surface area (Å²) >= 11 is 0. The van der Waals surface area contributed by atoms with Gasteiger partial charge in [0.1, 0.15) is 0 Å². The van der Waals surface area contributed by atoms with Crippen LogP contribution in [0.4, 0.5) is 0 Å². The van der Waals surface area contributed by atoms with Gasteiger partial charge in [0.15, 0.2) is 9.84 Å². The van der Waals surface area contributed by atoms with Crippen LogP contribution in [0.3, 0.4) is 0 Å². The molecule has 5 nitrogen and oxygen atoms in total. The van der Waals surface area contributed by atoms with Crippen LogP contribution in [-0.4, -0.2) is 70.3 Å². The van der Waals surface area contributed by atoms with Crippen LogP contribution in [0.5, 0.6) is 0 Å². The Labute approximate surface area is 97.1 Å². The number of hydrogen-bond donors (Lipinski definition) is 1. The van der Waals surface area contributed by atoms with Crippen molar-refractivity contribution in [1.82, 2.24) is 10.2 Å². The molecule has 0 radical (unpaired) electrons. The molecular weight excluding hydrogens is 228 g/mol. The Hall–Kier alpha value is -0.170. The summed E-state index contributed by atoms with van der Waals surface area (Å²) in [6.45, 7) is 4.87. The SMILES string of the molecule is O=S1(=O)CCCN(CC2COCCN2)CC1. The van der Waals surface area contributed by atoms with Crippen molar-refractivity contribution in [2.75, 3.05) is 50.9 Å². The van der Waals surface area contributed by atoms with Gasteiger partial charge in [-0.1, -0.05) is 0 Å². The quantitative estimate of drug-likeness (QED) is 0.686. The van der Waals surface area contributed by atoms with Crippen molar-refractivity contribution in [3.05, 3.63) is 0 Å². The molecule has 94 valence electrons. The van der Waals surface area contributed by atoms with Crippen LogP contribution in [0, 0.1) is 0 Å². The minimum atomic E-state index is -2.79. The maximum Gasteiger partial charge on any atom is 0.151 e. The van der Waals surface area contributed by atoms with E-state index in [1.165, 1.54) is 0 Å². The van der Waals surface area contributed by atoms with E-state index in [0.717, 1.165) is 39.3 Å². The highest BCUT2D eigenvalue weighted by atomic mass is 32.2. The van der Waals surface area contributed by atoms with E-state index in [4.69, 9.17) is 4.74 Å². The van der Waals surface area contributed by atoms with E-state index in [1.807, 2.05) is 0 Å². The first kappa shape index (κ1) is 12.3. The summed E-state index contributed by atoms with van der Waals surface area (Å²) in [5, 5.41) is 3.39. The Bertz CT molecular complexity index is 312. The van der Waals surface area contributed by atoms with E-state index in [0.29, 0.717) is 24.1 Å². The number of hydrogen-bond acceptors (Lipinski definition) is 5. The summed E-state index contributed by atoms with van der Waals surface area (Å²) in [7, 11) is -2.79. The van der Waals surface area contributed by atoms with Gasteiger partial charge in [-0.15, -0.1) is 0 Å². The van der Waals surface area contributed by atoms with Gasteiger partial charge in [-0.2, -0.15) is 0 Å². The number of rotatable bonds is 2. The third-order valence-electron chi connectivity index (χ3n) is 3.13. The van der Waals surface area contributed by atoms with Crippen molar-refractivity contribution >= 4 is 9.84 Å². The maximum atomic E-state index is 11.4. The third-order valence-corrected chi connectivity index (χ3v) is 4.84. The summed E-state index contributed by atoms with van der Waals surface area (Å²) in [5.74, 6) is 0.651. The highest BCUT2D eigenvalue weighted by molar-refractivity contribution is 7.91. The number of ether oxygens (including phenoxy) is 1. The van der Waals surface area contributed by atoms with Gasteiger partial charge in [0.2, 0.25) is 0 Å². The minimum absolute atomic E-state index is 0.306. The van der Waals surface area contributed by atoms with Gasteiger partial charge in [-0.3, -0.25) is 0 Å². The van der Waals surface area contributed by atoms with Gasteiger partial charge < -0.3 is 15.0 Å². The van der Waals surface area contributed by atoms with Crippen LogP contribution in [0.25, 0.3) is 0 Å². The lowest BCUT2D eigenvalue weighted by atomic mass is 10.2. The smallest absolute Gasteiger partial charge is 0.151 e. The fraction of sp³-hybridized carbons (Fsp3) is 1.00. The molecule has 0 aliphatic carbocycles. The fourth-order valence-corrected chi connectivity index (χ4v) is 3.53. The lowest BCUT2D eigenvalue weighted by Crippen LogP contribution is -2.48. The van der Waals surface area contributed by atoms with Gasteiger partial charge in [0.05, 0.1) is 24.7 Å². The number of nitrogens with zero attached hydrogens (tertiary/aromatic N) is 1. The average Bonchev–Trinajstić information content (AvgIpc) is 2.42. The largest absolute Gasteiger partial charge is 0.378 e. The van der Waals surface area contributed by atoms with Crippen LogP contribution in [0.1, 0.15) is 6.42 Å². The van der Waals surface area contributed by atoms with Gasteiger partial charge in [0.25, 0.3) is 0 Å². The van der Waals surface area contributed by atoms with Gasteiger partial charge >= 0.3 is 0 Å². The Balaban J connectivity index is 1.81. The molecular formula is C10H20N2O3S. The van der Waals surface area contributed by atoms with Crippen LogP contribution in [-0.2, 0) is 14.6 Å². The number of sulfone groups is 1. The third kappa shape index (κ3) is 3.69. The highest BCUT2D eigenvalue weighted by Crippen LogP contribution is 2.06. The molecule has 0 bridgehead atoms. The maximum absolute atomic E-state index is 11.4. The average molecular weight is 248 g/mol. The molecule has 6 heteroatoms. The second-order valence-corrected chi connectivity index (χ2v) is 6.84. The Morgan fingerprint density at radius 2 is 2.19 bits per heavy atom. The van der Waals surface area contributed by atoms with Gasteiger partial charge in [0, 0.05) is 25.7 Å². The van der Waals surface area contributed by atoms with Crippen LogP contribution >= 0.6 is 0 Å².